The molecule has 4 N–H and O–H groups in total. The van der Waals surface area contributed by atoms with Crippen molar-refractivity contribution in [1.82, 2.24) is 0 Å². The molecule has 0 radical (unpaired) electrons. The summed E-state index contributed by atoms with van der Waals surface area (Å²) in [4.78, 5) is 25.2. The molecule has 8 aromatic rings. The van der Waals surface area contributed by atoms with Crippen molar-refractivity contribution in [2.24, 2.45) is 20.5 Å². The first-order valence-electron chi connectivity index (χ1n) is 23.2. The van der Waals surface area contributed by atoms with Crippen LogP contribution >= 0.6 is 23.2 Å². The van der Waals surface area contributed by atoms with Crippen molar-refractivity contribution in [2.45, 2.75) is 50.3 Å². The zero-order valence-corrected chi connectivity index (χ0v) is 46.9. The van der Waals surface area contributed by atoms with E-state index in [1.54, 1.807) is 117 Å². The third-order valence-corrected chi connectivity index (χ3v) is 13.7. The summed E-state index contributed by atoms with van der Waals surface area (Å²) in [6.45, 7) is 8.32. The van der Waals surface area contributed by atoms with Crippen LogP contribution in [0.5, 0.6) is 23.0 Å². The van der Waals surface area contributed by atoms with Crippen LogP contribution in [0.15, 0.2) is 164 Å². The molecule has 2 amide bonds. The Labute approximate surface area is 483 Å². The van der Waals surface area contributed by atoms with E-state index >= 15 is 0 Å². The van der Waals surface area contributed by atoms with Crippen molar-refractivity contribution in [1.29, 1.82) is 0 Å². The molecule has 8 aromatic carbocycles. The van der Waals surface area contributed by atoms with Gasteiger partial charge in [0.1, 0.15) is 27.3 Å². The molecule has 0 fully saturated rings. The minimum atomic E-state index is -4.81. The van der Waals surface area contributed by atoms with Crippen LogP contribution in [0.1, 0.15) is 59.5 Å². The minimum Gasteiger partial charge on any atom is -0.870 e. The van der Waals surface area contributed by atoms with Crippen LogP contribution in [0.25, 0.3) is 21.5 Å². The first-order valence-corrected chi connectivity index (χ1v) is 26.8. The van der Waals surface area contributed by atoms with Gasteiger partial charge in [0.2, 0.25) is 0 Å². The van der Waals surface area contributed by atoms with Crippen molar-refractivity contribution in [2.75, 3.05) is 23.8 Å². The number of aromatic hydroxyl groups is 1. The van der Waals surface area contributed by atoms with Gasteiger partial charge in [0.05, 0.1) is 45.6 Å². The van der Waals surface area contributed by atoms with Crippen LogP contribution in [-0.2, 0) is 33.1 Å². The summed E-state index contributed by atoms with van der Waals surface area (Å²) in [6.07, 6.45) is 0.762. The largest absolute Gasteiger partial charge is 2.00 e. The Bertz CT molecular complexity index is 3560. The molecule has 0 atom stereocenters. The molecule has 392 valence electrons. The molecule has 0 unspecified atom stereocenters. The maximum absolute atomic E-state index is 13.4. The number of carbonyl (C=O) groups is 2. The van der Waals surface area contributed by atoms with E-state index in [1.165, 1.54) is 6.07 Å². The molecule has 8 rings (SSSR count). The number of phenolic OH excluding ortho intramolecular Hbond substituents is 1. The molecule has 18 nitrogen and oxygen atoms in total. The van der Waals surface area contributed by atoms with Gasteiger partial charge in [-0.25, -0.2) is 8.42 Å². The maximum atomic E-state index is 13.4. The quantitative estimate of drug-likeness (QED) is 0.0399. The van der Waals surface area contributed by atoms with E-state index in [1.807, 2.05) is 13.8 Å². The number of nitrogens with one attached hydrogen (secondary N) is 2. The average Bonchev–Trinajstić information content (AvgIpc) is 3.40. The smallest absolute Gasteiger partial charge is 0.870 e. The number of ether oxygens (including phenoxy) is 2. The average molecular weight is 1150 g/mol. The zero-order valence-electron chi connectivity index (χ0n) is 41.6. The molecular formula is C54H46CaCl2N6O12S2. The van der Waals surface area contributed by atoms with Gasteiger partial charge in [-0.1, -0.05) is 91.3 Å². The topological polar surface area (TPSA) is 281 Å². The second-order valence-corrected chi connectivity index (χ2v) is 19.9. The van der Waals surface area contributed by atoms with Crippen molar-refractivity contribution >= 4 is 149 Å². The van der Waals surface area contributed by atoms with Crippen molar-refractivity contribution < 1.29 is 55.2 Å². The van der Waals surface area contributed by atoms with Gasteiger partial charge in [-0.15, -0.1) is 5.11 Å². The van der Waals surface area contributed by atoms with Crippen LogP contribution in [0.3, 0.4) is 0 Å². The Hall–Kier alpha value is -6.72. The third kappa shape index (κ3) is 14.5. The predicted octanol–water partition coefficient (Wildman–Crippen LogP) is 12.8. The van der Waals surface area contributed by atoms with Gasteiger partial charge in [0, 0.05) is 37.8 Å². The summed E-state index contributed by atoms with van der Waals surface area (Å²) in [5.74, 6) is -0.994. The summed E-state index contributed by atoms with van der Waals surface area (Å²) in [5.41, 5.74) is 1.74. The van der Waals surface area contributed by atoms with Gasteiger partial charge in [0.25, 0.3) is 21.9 Å². The van der Waals surface area contributed by atoms with Crippen molar-refractivity contribution in [3.05, 3.63) is 166 Å². The van der Waals surface area contributed by atoms with Crippen LogP contribution in [0.4, 0.5) is 34.1 Å². The van der Waals surface area contributed by atoms with Crippen LogP contribution in [0, 0.1) is 0 Å². The Kier molecular flexibility index (Phi) is 20.2. The predicted molar refractivity (Wildman–Crippen MR) is 294 cm³/mol. The summed E-state index contributed by atoms with van der Waals surface area (Å²) >= 11 is 12.4. The van der Waals surface area contributed by atoms with Gasteiger partial charge >= 0.3 is 37.7 Å². The standard InChI is InChI=1S/2C27H24ClN3O6S.Ca/c2*1-3-20-23(28)14-19(38(34,35)36)15-24(20)30-31-25-21-8-6-5-7-16(21)13-22(26(25)32)27(33)29-17-9-11-18(12-10-17)37-4-2;/h2*5-15,32H,3-4H2,1-2H3,(H,29,33)(H,34,35,36);/q;;+2/p-2. The number of fused-ring (bicyclic) bond motifs is 2. The number of carbonyl (C=O) groups excluding carboxylic acids is 2. The fraction of sp³-hybridized carbons (Fsp3) is 0.148. The zero-order chi connectivity index (χ0) is 54.9. The van der Waals surface area contributed by atoms with E-state index in [9.17, 15) is 45.7 Å². The van der Waals surface area contributed by atoms with Crippen LogP contribution in [-0.4, -0.2) is 93.8 Å². The number of azo groups is 2. The fourth-order valence-corrected chi connectivity index (χ4v) is 9.61. The van der Waals surface area contributed by atoms with E-state index in [0.29, 0.717) is 81.6 Å². The van der Waals surface area contributed by atoms with E-state index < -0.39 is 53.3 Å². The first-order chi connectivity index (χ1) is 36.2. The molecule has 0 bridgehead atoms. The molecule has 77 heavy (non-hydrogen) atoms. The Morgan fingerprint density at radius 1 is 0.584 bits per heavy atom. The monoisotopic (exact) mass is 1140 g/mol. The first kappa shape index (κ1) is 59.5. The number of anilines is 2. The van der Waals surface area contributed by atoms with Crippen molar-refractivity contribution in [3.8, 4) is 23.0 Å². The summed E-state index contributed by atoms with van der Waals surface area (Å²) < 4.78 is 78.4. The van der Waals surface area contributed by atoms with Gasteiger partial charge in [-0.05, 0) is 134 Å². The summed E-state index contributed by atoms with van der Waals surface area (Å²) in [6, 6.07) is 34.7. The van der Waals surface area contributed by atoms with Gasteiger partial charge in [-0.2, -0.15) is 23.8 Å². The normalized spacial score (nSPS) is 11.5. The number of amides is 2. The van der Waals surface area contributed by atoms with Crippen LogP contribution in [0.2, 0.25) is 10.0 Å². The minimum absolute atomic E-state index is 0. The molecule has 0 aliphatic heterocycles. The molecule has 0 spiro atoms. The van der Waals surface area contributed by atoms with Gasteiger partial charge < -0.3 is 34.9 Å². The molecular weight excluding hydrogens is 1100 g/mol. The molecule has 0 aromatic heterocycles. The number of rotatable bonds is 16. The van der Waals surface area contributed by atoms with E-state index in [0.717, 1.165) is 24.3 Å². The molecule has 0 aliphatic rings. The number of nitrogens with zero attached hydrogens (tertiary/aromatic N) is 4. The third-order valence-electron chi connectivity index (χ3n) is 11.4. The van der Waals surface area contributed by atoms with Crippen molar-refractivity contribution in [3.63, 3.8) is 0 Å². The van der Waals surface area contributed by atoms with Gasteiger partial charge in [0.15, 0.2) is 5.75 Å². The SMILES string of the molecule is CCOc1ccc(NC(=O)c2cc3ccccc3c(N=Nc3cc(S(=O)(=O)O)cc(Cl)c3CC)c2O)cc1.CCOc1ccc(NC(=O)c2cc3ccccc3c(N=Nc3cc(S(=O)(=O)[O-])cc(Cl)c3CC)c2[O-])cc1.[Ca+2]. The molecule has 0 saturated carbocycles. The van der Waals surface area contributed by atoms with E-state index in [2.05, 4.69) is 31.1 Å². The molecule has 0 heterocycles. The summed E-state index contributed by atoms with van der Waals surface area (Å²) in [7, 11) is -9.36. The van der Waals surface area contributed by atoms with E-state index in [4.69, 9.17) is 32.7 Å². The molecule has 0 saturated heterocycles. The number of benzene rings is 8. The second kappa shape index (κ2) is 26.1. The number of hydrogen-bond donors (Lipinski definition) is 4. The molecule has 23 heteroatoms. The van der Waals surface area contributed by atoms with Crippen LogP contribution < -0.4 is 25.2 Å². The number of halogens is 2. The van der Waals surface area contributed by atoms with E-state index in [-0.39, 0.29) is 81.7 Å². The van der Waals surface area contributed by atoms with Gasteiger partial charge in [-0.3, -0.25) is 14.1 Å². The fourth-order valence-electron chi connectivity index (χ4n) is 7.74. The number of phenols is 1. The second-order valence-electron chi connectivity index (χ2n) is 16.3. The Morgan fingerprint density at radius 3 is 1.45 bits per heavy atom. The summed E-state index contributed by atoms with van der Waals surface area (Å²) in [5, 5.41) is 48.8. The Morgan fingerprint density at radius 2 is 1.00 bits per heavy atom. The number of hydrogen-bond acceptors (Lipinski definition) is 15. The maximum Gasteiger partial charge on any atom is 2.00 e. The Balaban J connectivity index is 0.000000246. The molecule has 0 aliphatic carbocycles.